The molecule has 144 valence electrons. The first-order valence-corrected chi connectivity index (χ1v) is 9.82. The van der Waals surface area contributed by atoms with Gasteiger partial charge in [0.2, 0.25) is 0 Å². The quantitative estimate of drug-likeness (QED) is 0.672. The van der Waals surface area contributed by atoms with E-state index < -0.39 is 5.60 Å². The lowest BCUT2D eigenvalue weighted by atomic mass is 9.84. The average molecular weight is 397 g/mol. The van der Waals surface area contributed by atoms with Gasteiger partial charge in [-0.05, 0) is 54.8 Å². The van der Waals surface area contributed by atoms with Crippen LogP contribution in [-0.2, 0) is 12.1 Å². The Hall–Kier alpha value is -2.27. The predicted octanol–water partition coefficient (Wildman–Crippen LogP) is 5.02. The van der Waals surface area contributed by atoms with Crippen LogP contribution in [0.5, 0.6) is 0 Å². The molecule has 0 spiro atoms. The second-order valence-corrected chi connectivity index (χ2v) is 7.77. The summed E-state index contributed by atoms with van der Waals surface area (Å²) < 4.78 is 13.2. The lowest BCUT2D eigenvalue weighted by molar-refractivity contribution is -0.0280. The standard InChI is InChI=1S/C23H22ClFN2O/c24-19-8-4-17(5-9-19)22-3-1-2-21(26-22)16-27-14-12-23(28,13-15-27)18-6-10-20(25)11-7-18/h1-11,28H,12-16H2. The van der Waals surface area contributed by atoms with Gasteiger partial charge in [-0.2, -0.15) is 0 Å². The van der Waals surface area contributed by atoms with Gasteiger partial charge in [0.05, 0.1) is 17.0 Å². The summed E-state index contributed by atoms with van der Waals surface area (Å²) in [4.78, 5) is 7.08. The number of halogens is 2. The number of likely N-dealkylation sites (tertiary alicyclic amines) is 1. The zero-order chi connectivity index (χ0) is 19.6. The summed E-state index contributed by atoms with van der Waals surface area (Å²) in [6.45, 7) is 2.27. The third kappa shape index (κ3) is 4.25. The zero-order valence-corrected chi connectivity index (χ0v) is 16.2. The first kappa shape index (κ1) is 19.1. The van der Waals surface area contributed by atoms with E-state index in [1.165, 1.54) is 12.1 Å². The fourth-order valence-corrected chi connectivity index (χ4v) is 3.83. The van der Waals surface area contributed by atoms with Crippen LogP contribution in [0.25, 0.3) is 11.3 Å². The van der Waals surface area contributed by atoms with Crippen LogP contribution in [-0.4, -0.2) is 28.1 Å². The fourth-order valence-electron chi connectivity index (χ4n) is 3.71. The second kappa shape index (κ2) is 8.00. The predicted molar refractivity (Wildman–Crippen MR) is 109 cm³/mol. The molecule has 28 heavy (non-hydrogen) atoms. The molecule has 2 aromatic carbocycles. The van der Waals surface area contributed by atoms with E-state index in [-0.39, 0.29) is 5.82 Å². The maximum absolute atomic E-state index is 13.2. The topological polar surface area (TPSA) is 36.4 Å². The Kier molecular flexibility index (Phi) is 5.44. The van der Waals surface area contributed by atoms with Crippen LogP contribution in [0.1, 0.15) is 24.1 Å². The van der Waals surface area contributed by atoms with Gasteiger partial charge in [0, 0.05) is 30.2 Å². The highest BCUT2D eigenvalue weighted by Gasteiger charge is 2.33. The minimum atomic E-state index is -0.886. The Bertz CT molecular complexity index is 936. The number of rotatable bonds is 4. The van der Waals surface area contributed by atoms with E-state index in [0.717, 1.165) is 42.1 Å². The van der Waals surface area contributed by atoms with Crippen LogP contribution in [0.3, 0.4) is 0 Å². The van der Waals surface area contributed by atoms with E-state index in [9.17, 15) is 9.50 Å². The van der Waals surface area contributed by atoms with E-state index >= 15 is 0 Å². The average Bonchev–Trinajstić information content (AvgIpc) is 2.71. The van der Waals surface area contributed by atoms with E-state index in [4.69, 9.17) is 16.6 Å². The lowest BCUT2D eigenvalue weighted by Gasteiger charge is -2.38. The Morgan fingerprint density at radius 2 is 1.64 bits per heavy atom. The number of aromatic nitrogens is 1. The molecule has 1 aliphatic heterocycles. The van der Waals surface area contributed by atoms with Crippen molar-refractivity contribution < 1.29 is 9.50 Å². The molecule has 1 aliphatic rings. The van der Waals surface area contributed by atoms with E-state index in [1.807, 2.05) is 42.5 Å². The van der Waals surface area contributed by atoms with Crippen molar-refractivity contribution in [2.75, 3.05) is 13.1 Å². The summed E-state index contributed by atoms with van der Waals surface area (Å²) in [5.74, 6) is -0.281. The number of hydrogen-bond donors (Lipinski definition) is 1. The van der Waals surface area contributed by atoms with Crippen LogP contribution in [0.2, 0.25) is 5.02 Å². The van der Waals surface area contributed by atoms with Gasteiger partial charge in [-0.1, -0.05) is 41.9 Å². The number of piperidine rings is 1. The molecule has 0 bridgehead atoms. The maximum Gasteiger partial charge on any atom is 0.123 e. The highest BCUT2D eigenvalue weighted by atomic mass is 35.5. The molecule has 5 heteroatoms. The first-order valence-electron chi connectivity index (χ1n) is 9.44. The van der Waals surface area contributed by atoms with Gasteiger partial charge in [0.15, 0.2) is 0 Å². The second-order valence-electron chi connectivity index (χ2n) is 7.34. The Balaban J connectivity index is 1.42. The summed E-state index contributed by atoms with van der Waals surface area (Å²) in [6.07, 6.45) is 1.24. The molecule has 0 radical (unpaired) electrons. The smallest absolute Gasteiger partial charge is 0.123 e. The van der Waals surface area contributed by atoms with Crippen molar-refractivity contribution >= 4 is 11.6 Å². The van der Waals surface area contributed by atoms with Crippen LogP contribution in [0.4, 0.5) is 4.39 Å². The summed E-state index contributed by atoms with van der Waals surface area (Å²) in [5, 5.41) is 11.7. The van der Waals surface area contributed by atoms with Crippen molar-refractivity contribution in [1.29, 1.82) is 0 Å². The number of benzene rings is 2. The van der Waals surface area contributed by atoms with E-state index in [1.54, 1.807) is 12.1 Å². The number of hydrogen-bond acceptors (Lipinski definition) is 3. The highest BCUT2D eigenvalue weighted by Crippen LogP contribution is 2.33. The summed E-state index contributed by atoms with van der Waals surface area (Å²) in [5.41, 5.74) is 2.86. The first-order chi connectivity index (χ1) is 13.5. The van der Waals surface area contributed by atoms with Crippen molar-refractivity contribution in [3.05, 3.63) is 88.8 Å². The Labute approximate surface area is 169 Å². The molecule has 1 fully saturated rings. The lowest BCUT2D eigenvalue weighted by Crippen LogP contribution is -2.42. The summed E-state index contributed by atoms with van der Waals surface area (Å²) in [7, 11) is 0. The SMILES string of the molecule is OC1(c2ccc(F)cc2)CCN(Cc2cccc(-c3ccc(Cl)cc3)n2)CC1. The normalized spacial score (nSPS) is 16.8. The largest absolute Gasteiger partial charge is 0.385 e. The van der Waals surface area contributed by atoms with Gasteiger partial charge in [0.1, 0.15) is 5.82 Å². The molecule has 4 rings (SSSR count). The number of pyridine rings is 1. The van der Waals surface area contributed by atoms with Crippen LogP contribution in [0, 0.1) is 5.82 Å². The molecule has 1 N–H and O–H groups in total. The molecule has 0 aliphatic carbocycles. The Morgan fingerprint density at radius 1 is 0.964 bits per heavy atom. The van der Waals surface area contributed by atoms with Crippen molar-refractivity contribution in [3.63, 3.8) is 0 Å². The maximum atomic E-state index is 13.2. The zero-order valence-electron chi connectivity index (χ0n) is 15.5. The third-order valence-corrected chi connectivity index (χ3v) is 5.65. The molecule has 3 nitrogen and oxygen atoms in total. The van der Waals surface area contributed by atoms with Crippen LogP contribution >= 0.6 is 11.6 Å². The minimum absolute atomic E-state index is 0.281. The van der Waals surface area contributed by atoms with Crippen molar-refractivity contribution in [1.82, 2.24) is 9.88 Å². The summed E-state index contributed by atoms with van der Waals surface area (Å²) in [6, 6.07) is 19.9. The van der Waals surface area contributed by atoms with Gasteiger partial charge in [-0.25, -0.2) is 4.39 Å². The van der Waals surface area contributed by atoms with Crippen molar-refractivity contribution in [2.24, 2.45) is 0 Å². The Morgan fingerprint density at radius 3 is 2.32 bits per heavy atom. The molecule has 0 atom stereocenters. The molecule has 1 aromatic heterocycles. The fraction of sp³-hybridized carbons (Fsp3) is 0.261. The van der Waals surface area contributed by atoms with Gasteiger partial charge < -0.3 is 5.11 Å². The van der Waals surface area contributed by atoms with Gasteiger partial charge in [0.25, 0.3) is 0 Å². The summed E-state index contributed by atoms with van der Waals surface area (Å²) >= 11 is 5.97. The van der Waals surface area contributed by atoms with Crippen molar-refractivity contribution in [3.8, 4) is 11.3 Å². The molecule has 0 saturated carbocycles. The van der Waals surface area contributed by atoms with Crippen LogP contribution in [0.15, 0.2) is 66.7 Å². The van der Waals surface area contributed by atoms with Crippen molar-refractivity contribution in [2.45, 2.75) is 25.0 Å². The number of nitrogens with zero attached hydrogens (tertiary/aromatic N) is 2. The third-order valence-electron chi connectivity index (χ3n) is 5.40. The molecule has 2 heterocycles. The molecule has 0 amide bonds. The van der Waals surface area contributed by atoms with Gasteiger partial charge in [-0.15, -0.1) is 0 Å². The molecular formula is C23H22ClFN2O. The molecule has 1 saturated heterocycles. The van der Waals surface area contributed by atoms with Gasteiger partial charge in [-0.3, -0.25) is 9.88 Å². The van der Waals surface area contributed by atoms with E-state index in [2.05, 4.69) is 4.90 Å². The highest BCUT2D eigenvalue weighted by molar-refractivity contribution is 6.30. The monoisotopic (exact) mass is 396 g/mol. The minimum Gasteiger partial charge on any atom is -0.385 e. The van der Waals surface area contributed by atoms with Gasteiger partial charge >= 0.3 is 0 Å². The molecule has 0 unspecified atom stereocenters. The van der Waals surface area contributed by atoms with E-state index in [0.29, 0.717) is 17.9 Å². The van der Waals surface area contributed by atoms with Crippen LogP contribution < -0.4 is 0 Å². The molecule has 3 aromatic rings. The number of aliphatic hydroxyl groups is 1. The molecular weight excluding hydrogens is 375 g/mol.